The van der Waals surface area contributed by atoms with Crippen molar-refractivity contribution in [3.63, 3.8) is 0 Å². The van der Waals surface area contributed by atoms with Crippen LogP contribution in [0.5, 0.6) is 11.5 Å². The SMILES string of the molecule is CCOc1ccc(OCC)c(Nc2ncnc(Cl)c2N)c1. The van der Waals surface area contributed by atoms with Gasteiger partial charge in [-0.1, -0.05) is 11.6 Å². The van der Waals surface area contributed by atoms with Gasteiger partial charge >= 0.3 is 0 Å². The van der Waals surface area contributed by atoms with Gasteiger partial charge in [0.25, 0.3) is 0 Å². The number of anilines is 3. The van der Waals surface area contributed by atoms with Gasteiger partial charge in [0.15, 0.2) is 11.0 Å². The molecule has 0 saturated carbocycles. The molecule has 0 aliphatic rings. The highest BCUT2D eigenvalue weighted by Crippen LogP contribution is 2.33. The molecule has 2 aromatic rings. The molecule has 0 saturated heterocycles. The molecule has 0 aliphatic heterocycles. The topological polar surface area (TPSA) is 82.3 Å². The van der Waals surface area contributed by atoms with Gasteiger partial charge in [0.1, 0.15) is 23.5 Å². The number of hydrogen-bond donors (Lipinski definition) is 2. The summed E-state index contributed by atoms with van der Waals surface area (Å²) in [5, 5.41) is 3.30. The average Bonchev–Trinajstić information content (AvgIpc) is 2.47. The van der Waals surface area contributed by atoms with Gasteiger partial charge in [-0.2, -0.15) is 0 Å². The van der Waals surface area contributed by atoms with Crippen LogP contribution in [0.3, 0.4) is 0 Å². The first-order valence-electron chi connectivity index (χ1n) is 6.58. The third kappa shape index (κ3) is 3.66. The number of nitrogen functional groups attached to an aromatic ring is 1. The molecule has 1 aromatic carbocycles. The van der Waals surface area contributed by atoms with Gasteiger partial charge in [-0.15, -0.1) is 0 Å². The molecule has 0 spiro atoms. The second-order valence-corrected chi connectivity index (χ2v) is 4.43. The Morgan fingerprint density at radius 3 is 2.67 bits per heavy atom. The lowest BCUT2D eigenvalue weighted by molar-refractivity contribution is 0.332. The van der Waals surface area contributed by atoms with Crippen molar-refractivity contribution in [2.45, 2.75) is 13.8 Å². The summed E-state index contributed by atoms with van der Waals surface area (Å²) in [6, 6.07) is 5.50. The fourth-order valence-electron chi connectivity index (χ4n) is 1.75. The Kier molecular flexibility index (Phi) is 5.05. The Bertz CT molecular complexity index is 622. The maximum absolute atomic E-state index is 5.89. The highest BCUT2D eigenvalue weighted by molar-refractivity contribution is 6.32. The van der Waals surface area contributed by atoms with Crippen molar-refractivity contribution in [2.24, 2.45) is 0 Å². The van der Waals surface area contributed by atoms with Crippen LogP contribution in [0.1, 0.15) is 13.8 Å². The van der Waals surface area contributed by atoms with E-state index in [0.29, 0.717) is 30.5 Å². The highest BCUT2D eigenvalue weighted by atomic mass is 35.5. The van der Waals surface area contributed by atoms with E-state index in [0.717, 1.165) is 5.75 Å². The van der Waals surface area contributed by atoms with Crippen molar-refractivity contribution in [3.05, 3.63) is 29.7 Å². The van der Waals surface area contributed by atoms with Crippen LogP contribution in [0.25, 0.3) is 0 Å². The van der Waals surface area contributed by atoms with Crippen molar-refractivity contribution in [1.82, 2.24) is 9.97 Å². The Morgan fingerprint density at radius 2 is 1.95 bits per heavy atom. The zero-order valence-corrected chi connectivity index (χ0v) is 12.6. The molecule has 2 rings (SSSR count). The molecule has 0 aliphatic carbocycles. The van der Waals surface area contributed by atoms with Gasteiger partial charge in [0.2, 0.25) is 0 Å². The number of rotatable bonds is 6. The van der Waals surface area contributed by atoms with E-state index in [4.69, 9.17) is 26.8 Å². The molecule has 0 bridgehead atoms. The Labute approximate surface area is 128 Å². The summed E-state index contributed by atoms with van der Waals surface area (Å²) in [4.78, 5) is 7.90. The van der Waals surface area contributed by atoms with Crippen LogP contribution >= 0.6 is 11.6 Å². The van der Waals surface area contributed by atoms with Crippen LogP contribution in [0, 0.1) is 0 Å². The van der Waals surface area contributed by atoms with Crippen LogP contribution in [0.2, 0.25) is 5.15 Å². The molecule has 3 N–H and O–H groups in total. The van der Waals surface area contributed by atoms with Gasteiger partial charge in [0, 0.05) is 6.07 Å². The Morgan fingerprint density at radius 1 is 1.19 bits per heavy atom. The lowest BCUT2D eigenvalue weighted by Gasteiger charge is -2.14. The zero-order chi connectivity index (χ0) is 15.2. The van der Waals surface area contributed by atoms with Crippen LogP contribution in [0.15, 0.2) is 24.5 Å². The second-order valence-electron chi connectivity index (χ2n) is 4.08. The van der Waals surface area contributed by atoms with Crippen molar-refractivity contribution in [1.29, 1.82) is 0 Å². The molecule has 6 nitrogen and oxygen atoms in total. The van der Waals surface area contributed by atoms with Gasteiger partial charge < -0.3 is 20.5 Å². The van der Waals surface area contributed by atoms with Crippen LogP contribution < -0.4 is 20.5 Å². The van der Waals surface area contributed by atoms with Crippen LogP contribution in [0.4, 0.5) is 17.2 Å². The monoisotopic (exact) mass is 308 g/mol. The molecule has 0 fully saturated rings. The van der Waals surface area contributed by atoms with Gasteiger partial charge in [0.05, 0.1) is 18.9 Å². The Hall–Kier alpha value is -2.21. The summed E-state index contributed by atoms with van der Waals surface area (Å²) in [5.74, 6) is 1.82. The van der Waals surface area contributed by atoms with E-state index in [1.165, 1.54) is 6.33 Å². The number of nitrogens with zero attached hydrogens (tertiary/aromatic N) is 2. The number of benzene rings is 1. The molecule has 0 radical (unpaired) electrons. The molecule has 0 unspecified atom stereocenters. The minimum Gasteiger partial charge on any atom is -0.494 e. The molecule has 21 heavy (non-hydrogen) atoms. The molecule has 0 atom stereocenters. The summed E-state index contributed by atoms with van der Waals surface area (Å²) >= 11 is 5.89. The number of hydrogen-bond acceptors (Lipinski definition) is 6. The predicted octanol–water partition coefficient (Wildman–Crippen LogP) is 3.25. The average molecular weight is 309 g/mol. The molecule has 112 valence electrons. The summed E-state index contributed by atoms with van der Waals surface area (Å²) in [6.45, 7) is 4.96. The zero-order valence-electron chi connectivity index (χ0n) is 11.9. The number of ether oxygens (including phenoxy) is 2. The number of aromatic nitrogens is 2. The van der Waals surface area contributed by atoms with Crippen molar-refractivity contribution >= 4 is 28.8 Å². The van der Waals surface area contributed by atoms with Gasteiger partial charge in [-0.05, 0) is 26.0 Å². The first kappa shape index (κ1) is 15.2. The van der Waals surface area contributed by atoms with E-state index in [1.54, 1.807) is 0 Å². The normalized spacial score (nSPS) is 10.2. The lowest BCUT2D eigenvalue weighted by atomic mass is 10.2. The van der Waals surface area contributed by atoms with E-state index >= 15 is 0 Å². The van der Waals surface area contributed by atoms with Crippen LogP contribution in [-0.2, 0) is 0 Å². The summed E-state index contributed by atoms with van der Waals surface area (Å²) in [7, 11) is 0. The Balaban J connectivity index is 2.35. The van der Waals surface area contributed by atoms with Gasteiger partial charge in [-0.3, -0.25) is 0 Å². The minimum absolute atomic E-state index is 0.200. The third-order valence-electron chi connectivity index (χ3n) is 2.65. The van der Waals surface area contributed by atoms with E-state index in [1.807, 2.05) is 32.0 Å². The van der Waals surface area contributed by atoms with Gasteiger partial charge in [-0.25, -0.2) is 9.97 Å². The van der Waals surface area contributed by atoms with E-state index < -0.39 is 0 Å². The summed E-state index contributed by atoms with van der Waals surface area (Å²) in [5.41, 5.74) is 6.84. The number of halogens is 1. The molecule has 7 heteroatoms. The van der Waals surface area contributed by atoms with Crippen LogP contribution in [-0.4, -0.2) is 23.2 Å². The van der Waals surface area contributed by atoms with E-state index in [-0.39, 0.29) is 10.8 Å². The quantitative estimate of drug-likeness (QED) is 0.797. The van der Waals surface area contributed by atoms with Crippen molar-refractivity contribution in [3.8, 4) is 11.5 Å². The molecule has 1 aromatic heterocycles. The molecular weight excluding hydrogens is 292 g/mol. The van der Waals surface area contributed by atoms with E-state index in [9.17, 15) is 0 Å². The molecule has 0 amide bonds. The first-order chi connectivity index (χ1) is 10.2. The third-order valence-corrected chi connectivity index (χ3v) is 2.95. The fourth-order valence-corrected chi connectivity index (χ4v) is 1.88. The largest absolute Gasteiger partial charge is 0.494 e. The number of nitrogens with two attached hydrogens (primary N) is 1. The minimum atomic E-state index is 0.200. The van der Waals surface area contributed by atoms with Crippen molar-refractivity contribution < 1.29 is 9.47 Å². The van der Waals surface area contributed by atoms with Crippen molar-refractivity contribution in [2.75, 3.05) is 24.3 Å². The fraction of sp³-hybridized carbons (Fsp3) is 0.286. The lowest BCUT2D eigenvalue weighted by Crippen LogP contribution is -2.04. The smallest absolute Gasteiger partial charge is 0.158 e. The molecular formula is C14H17ClN4O2. The number of nitrogens with one attached hydrogen (secondary N) is 1. The molecule has 1 heterocycles. The maximum Gasteiger partial charge on any atom is 0.158 e. The van der Waals surface area contributed by atoms with E-state index in [2.05, 4.69) is 15.3 Å². The standard InChI is InChI=1S/C14H17ClN4O2/c1-3-20-9-5-6-11(21-4-2)10(7-9)19-14-12(16)13(15)17-8-18-14/h5-8H,3-4,16H2,1-2H3,(H,17,18,19). The highest BCUT2D eigenvalue weighted by Gasteiger charge is 2.11. The summed E-state index contributed by atoms with van der Waals surface area (Å²) in [6.07, 6.45) is 1.34. The maximum atomic E-state index is 5.89. The second kappa shape index (κ2) is 6.99. The predicted molar refractivity (Wildman–Crippen MR) is 83.5 cm³/mol. The summed E-state index contributed by atoms with van der Waals surface area (Å²) < 4.78 is 11.1. The first-order valence-corrected chi connectivity index (χ1v) is 6.96.